The van der Waals surface area contributed by atoms with E-state index in [2.05, 4.69) is 6.58 Å². The number of nitrogens with zero attached hydrogens (tertiary/aromatic N) is 1. The molecule has 6 heteroatoms. The van der Waals surface area contributed by atoms with Crippen LogP contribution < -0.4 is 5.73 Å². The quantitative estimate of drug-likeness (QED) is 0.914. The van der Waals surface area contributed by atoms with Crippen LogP contribution in [-0.4, -0.2) is 16.7 Å². The Morgan fingerprint density at radius 3 is 2.63 bits per heavy atom. The third kappa shape index (κ3) is 2.62. The summed E-state index contributed by atoms with van der Waals surface area (Å²) in [5, 5.41) is 0.405. The number of fused-ring (bicyclic) bond motifs is 1. The van der Waals surface area contributed by atoms with Gasteiger partial charge in [-0.05, 0) is 23.8 Å². The number of amides is 1. The molecule has 100 valence electrons. The molecule has 0 saturated heterocycles. The third-order valence-electron chi connectivity index (χ3n) is 2.76. The fourth-order valence-electron chi connectivity index (χ4n) is 1.97. The first-order chi connectivity index (χ1) is 8.81. The fourth-order valence-corrected chi connectivity index (χ4v) is 1.97. The Bertz CT molecular complexity index is 656. The van der Waals surface area contributed by atoms with Crippen molar-refractivity contribution in [2.75, 3.05) is 0 Å². The van der Waals surface area contributed by atoms with E-state index < -0.39 is 18.6 Å². The minimum Gasteiger partial charge on any atom is -0.366 e. The topological polar surface area (TPSA) is 48.0 Å². The number of halogens is 3. The minimum absolute atomic E-state index is 0.188. The van der Waals surface area contributed by atoms with E-state index in [4.69, 9.17) is 5.73 Å². The summed E-state index contributed by atoms with van der Waals surface area (Å²) >= 11 is 0. The van der Waals surface area contributed by atoms with Gasteiger partial charge >= 0.3 is 6.18 Å². The van der Waals surface area contributed by atoms with Crippen LogP contribution in [0.1, 0.15) is 15.9 Å². The Morgan fingerprint density at radius 1 is 1.42 bits per heavy atom. The van der Waals surface area contributed by atoms with Crippen molar-refractivity contribution in [3.8, 4) is 0 Å². The summed E-state index contributed by atoms with van der Waals surface area (Å²) in [6.45, 7) is 2.43. The Labute approximate surface area is 107 Å². The van der Waals surface area contributed by atoms with Gasteiger partial charge in [0.15, 0.2) is 0 Å². The molecule has 1 amide bonds. The van der Waals surface area contributed by atoms with Gasteiger partial charge in [0.05, 0.1) is 0 Å². The average Bonchev–Trinajstić information content (AvgIpc) is 2.68. The largest absolute Gasteiger partial charge is 0.406 e. The van der Waals surface area contributed by atoms with Crippen molar-refractivity contribution in [1.29, 1.82) is 0 Å². The number of carbonyl (C=O) groups is 1. The molecule has 1 aromatic carbocycles. The molecule has 0 spiro atoms. The van der Waals surface area contributed by atoms with Crippen LogP contribution in [-0.2, 0) is 6.54 Å². The molecule has 0 fully saturated rings. The summed E-state index contributed by atoms with van der Waals surface area (Å²) in [5.74, 6) is -0.682. The van der Waals surface area contributed by atoms with Crippen LogP contribution in [0.25, 0.3) is 17.0 Å². The third-order valence-corrected chi connectivity index (χ3v) is 2.76. The van der Waals surface area contributed by atoms with Crippen LogP contribution >= 0.6 is 0 Å². The first kappa shape index (κ1) is 13.2. The van der Waals surface area contributed by atoms with Crippen molar-refractivity contribution < 1.29 is 18.0 Å². The first-order valence-electron chi connectivity index (χ1n) is 5.43. The lowest BCUT2D eigenvalue weighted by Gasteiger charge is -2.10. The minimum atomic E-state index is -4.33. The normalized spacial score (nSPS) is 11.7. The van der Waals surface area contributed by atoms with Crippen LogP contribution in [0.2, 0.25) is 0 Å². The Kier molecular flexibility index (Phi) is 3.09. The van der Waals surface area contributed by atoms with Gasteiger partial charge in [0.1, 0.15) is 6.54 Å². The second-order valence-electron chi connectivity index (χ2n) is 4.13. The number of hydrogen-bond acceptors (Lipinski definition) is 1. The summed E-state index contributed by atoms with van der Waals surface area (Å²) in [5.41, 5.74) is 6.28. The van der Waals surface area contributed by atoms with Gasteiger partial charge in [-0.25, -0.2) is 0 Å². The van der Waals surface area contributed by atoms with Gasteiger partial charge in [-0.15, -0.1) is 0 Å². The molecular weight excluding hydrogens is 257 g/mol. The maximum Gasteiger partial charge on any atom is 0.406 e. The molecule has 0 unspecified atom stereocenters. The van der Waals surface area contributed by atoms with Gasteiger partial charge in [0.2, 0.25) is 5.91 Å². The van der Waals surface area contributed by atoms with Crippen LogP contribution in [0.3, 0.4) is 0 Å². The van der Waals surface area contributed by atoms with Crippen molar-refractivity contribution in [3.05, 3.63) is 42.1 Å². The molecule has 1 aromatic heterocycles. The van der Waals surface area contributed by atoms with Gasteiger partial charge in [-0.2, -0.15) is 13.2 Å². The van der Waals surface area contributed by atoms with E-state index in [0.29, 0.717) is 16.5 Å². The number of rotatable bonds is 3. The highest BCUT2D eigenvalue weighted by Crippen LogP contribution is 2.26. The van der Waals surface area contributed by atoms with Crippen LogP contribution in [0.15, 0.2) is 31.0 Å². The molecule has 19 heavy (non-hydrogen) atoms. The molecule has 0 radical (unpaired) electrons. The summed E-state index contributed by atoms with van der Waals surface area (Å²) in [4.78, 5) is 11.3. The molecule has 3 nitrogen and oxygen atoms in total. The van der Waals surface area contributed by atoms with Crippen molar-refractivity contribution >= 4 is 22.9 Å². The number of benzene rings is 1. The molecule has 2 aromatic rings. The van der Waals surface area contributed by atoms with E-state index in [1.807, 2.05) is 0 Å². The van der Waals surface area contributed by atoms with Gasteiger partial charge in [0, 0.05) is 22.7 Å². The Morgan fingerprint density at radius 2 is 2.11 bits per heavy atom. The second kappa shape index (κ2) is 4.46. The standard InChI is InChI=1S/C13H11F3N2O/c1-2-8-5-10(12(17)19)9-3-4-18(11(9)6-8)7-13(14,15)16/h2-6H,1,7H2,(H2,17,19). The zero-order valence-corrected chi connectivity index (χ0v) is 9.87. The van der Waals surface area contributed by atoms with Gasteiger partial charge in [-0.1, -0.05) is 12.7 Å². The predicted octanol–water partition coefficient (Wildman–Crippen LogP) is 2.95. The van der Waals surface area contributed by atoms with Crippen LogP contribution in [0.5, 0.6) is 0 Å². The molecule has 0 saturated carbocycles. The van der Waals surface area contributed by atoms with Crippen molar-refractivity contribution in [2.45, 2.75) is 12.7 Å². The molecule has 0 bridgehead atoms. The molecule has 2 rings (SSSR count). The second-order valence-corrected chi connectivity index (χ2v) is 4.13. The van der Waals surface area contributed by atoms with E-state index in [0.717, 1.165) is 4.57 Å². The monoisotopic (exact) mass is 268 g/mol. The van der Waals surface area contributed by atoms with Gasteiger partial charge in [-0.3, -0.25) is 4.79 Å². The van der Waals surface area contributed by atoms with Gasteiger partial charge < -0.3 is 10.3 Å². The Balaban J connectivity index is 2.67. The first-order valence-corrected chi connectivity index (χ1v) is 5.43. The molecule has 0 aliphatic heterocycles. The highest BCUT2D eigenvalue weighted by atomic mass is 19.4. The molecule has 0 aliphatic carbocycles. The molecule has 0 aliphatic rings. The van der Waals surface area contributed by atoms with Gasteiger partial charge in [0.25, 0.3) is 0 Å². The number of hydrogen-bond donors (Lipinski definition) is 1. The van der Waals surface area contributed by atoms with E-state index in [9.17, 15) is 18.0 Å². The fraction of sp³-hybridized carbons (Fsp3) is 0.154. The number of carbonyl (C=O) groups excluding carboxylic acids is 1. The van der Waals surface area contributed by atoms with E-state index in [1.165, 1.54) is 24.4 Å². The zero-order chi connectivity index (χ0) is 14.2. The maximum atomic E-state index is 12.5. The summed E-state index contributed by atoms with van der Waals surface area (Å²) in [6.07, 6.45) is -1.59. The van der Waals surface area contributed by atoms with Crippen molar-refractivity contribution in [2.24, 2.45) is 5.73 Å². The lowest BCUT2D eigenvalue weighted by Crippen LogP contribution is -2.17. The molecule has 0 atom stereocenters. The smallest absolute Gasteiger partial charge is 0.366 e. The predicted molar refractivity (Wildman–Crippen MR) is 66.6 cm³/mol. The van der Waals surface area contributed by atoms with E-state index in [1.54, 1.807) is 6.07 Å². The maximum absolute atomic E-state index is 12.5. The molecular formula is C13H11F3N2O. The highest BCUT2D eigenvalue weighted by Gasteiger charge is 2.28. The zero-order valence-electron chi connectivity index (χ0n) is 9.87. The summed E-state index contributed by atoms with van der Waals surface area (Å²) in [6, 6.07) is 4.50. The van der Waals surface area contributed by atoms with E-state index in [-0.39, 0.29) is 5.56 Å². The average molecular weight is 268 g/mol. The van der Waals surface area contributed by atoms with Crippen molar-refractivity contribution in [3.63, 3.8) is 0 Å². The lowest BCUT2D eigenvalue weighted by molar-refractivity contribution is -0.139. The Hall–Kier alpha value is -2.24. The van der Waals surface area contributed by atoms with E-state index >= 15 is 0 Å². The van der Waals surface area contributed by atoms with Crippen molar-refractivity contribution in [1.82, 2.24) is 4.57 Å². The SMILES string of the molecule is C=Cc1cc(C(N)=O)c2ccn(CC(F)(F)F)c2c1. The van der Waals surface area contributed by atoms with Crippen LogP contribution in [0.4, 0.5) is 13.2 Å². The molecule has 1 heterocycles. The van der Waals surface area contributed by atoms with Crippen LogP contribution in [0, 0.1) is 0 Å². The number of primary amides is 1. The lowest BCUT2D eigenvalue weighted by atomic mass is 10.1. The highest BCUT2D eigenvalue weighted by molar-refractivity contribution is 6.06. The summed E-state index contributed by atoms with van der Waals surface area (Å²) < 4.78 is 38.4. The number of alkyl halides is 3. The number of nitrogens with two attached hydrogens (primary N) is 1. The summed E-state index contributed by atoms with van der Waals surface area (Å²) in [7, 11) is 0. The number of aromatic nitrogens is 1. The molecule has 2 N–H and O–H groups in total.